The first-order valence-electron chi connectivity index (χ1n) is 10.3. The lowest BCUT2D eigenvalue weighted by Crippen LogP contribution is -2.47. The van der Waals surface area contributed by atoms with Gasteiger partial charge in [-0.05, 0) is 29.3 Å². The maximum Gasteiger partial charge on any atom is 0.573 e. The molecule has 0 aliphatic rings. The third kappa shape index (κ3) is 7.12. The SMILES string of the molecule is COC(Nc1ccc(OC(F)(F)F)c(NC(=O)C(N)C(F)(F)F)c1)c1ccc(-c2ccccc2)cc1. The molecule has 0 radical (unpaired) electrons. The fourth-order valence-electron chi connectivity index (χ4n) is 3.20. The van der Waals surface area contributed by atoms with E-state index >= 15 is 0 Å². The third-order valence-electron chi connectivity index (χ3n) is 4.95. The highest BCUT2D eigenvalue weighted by atomic mass is 19.4. The smallest absolute Gasteiger partial charge is 0.404 e. The summed E-state index contributed by atoms with van der Waals surface area (Å²) >= 11 is 0. The first-order chi connectivity index (χ1) is 16.9. The summed E-state index contributed by atoms with van der Waals surface area (Å²) in [6.45, 7) is 0. The van der Waals surface area contributed by atoms with E-state index in [9.17, 15) is 31.1 Å². The van der Waals surface area contributed by atoms with Gasteiger partial charge in [0.2, 0.25) is 0 Å². The van der Waals surface area contributed by atoms with Gasteiger partial charge in [0.1, 0.15) is 0 Å². The third-order valence-corrected chi connectivity index (χ3v) is 4.95. The number of alkyl halides is 6. The molecule has 3 rings (SSSR count). The van der Waals surface area contributed by atoms with E-state index in [-0.39, 0.29) is 5.69 Å². The van der Waals surface area contributed by atoms with Gasteiger partial charge in [-0.2, -0.15) is 13.2 Å². The first-order valence-corrected chi connectivity index (χ1v) is 10.3. The van der Waals surface area contributed by atoms with Gasteiger partial charge in [-0.25, -0.2) is 0 Å². The lowest BCUT2D eigenvalue weighted by Gasteiger charge is -2.22. The van der Waals surface area contributed by atoms with Gasteiger partial charge in [0.25, 0.3) is 5.91 Å². The number of halogens is 6. The van der Waals surface area contributed by atoms with Gasteiger partial charge in [-0.1, -0.05) is 54.6 Å². The summed E-state index contributed by atoms with van der Waals surface area (Å²) in [5.41, 5.74) is 6.89. The topological polar surface area (TPSA) is 85.6 Å². The van der Waals surface area contributed by atoms with Crippen molar-refractivity contribution in [2.45, 2.75) is 24.8 Å². The number of nitrogens with two attached hydrogens (primary N) is 1. The number of carbonyl (C=O) groups is 1. The van der Waals surface area contributed by atoms with Gasteiger partial charge in [0.15, 0.2) is 18.0 Å². The van der Waals surface area contributed by atoms with Crippen molar-refractivity contribution in [1.82, 2.24) is 0 Å². The highest BCUT2D eigenvalue weighted by Crippen LogP contribution is 2.35. The summed E-state index contributed by atoms with van der Waals surface area (Å²) in [5, 5.41) is 4.65. The van der Waals surface area contributed by atoms with E-state index in [1.165, 1.54) is 13.2 Å². The van der Waals surface area contributed by atoms with Crippen molar-refractivity contribution in [2.75, 3.05) is 17.7 Å². The number of hydrogen-bond donors (Lipinski definition) is 3. The van der Waals surface area contributed by atoms with Crippen LogP contribution in [0.4, 0.5) is 37.7 Å². The van der Waals surface area contributed by atoms with E-state index in [0.717, 1.165) is 23.3 Å². The van der Waals surface area contributed by atoms with E-state index in [2.05, 4.69) is 10.1 Å². The average Bonchev–Trinajstić information content (AvgIpc) is 2.82. The van der Waals surface area contributed by atoms with Crippen molar-refractivity contribution in [2.24, 2.45) is 5.73 Å². The summed E-state index contributed by atoms with van der Waals surface area (Å²) in [6.07, 6.45) is -11.0. The second kappa shape index (κ2) is 10.9. The molecule has 0 saturated heterocycles. The second-order valence-corrected chi connectivity index (χ2v) is 7.52. The maximum absolute atomic E-state index is 12.8. The number of benzene rings is 3. The van der Waals surface area contributed by atoms with Crippen LogP contribution in [0.1, 0.15) is 11.8 Å². The molecule has 2 unspecified atom stereocenters. The van der Waals surface area contributed by atoms with E-state index in [1.807, 2.05) is 42.5 Å². The van der Waals surface area contributed by atoms with Gasteiger partial charge < -0.3 is 25.8 Å². The Morgan fingerprint density at radius 1 is 0.889 bits per heavy atom. The van der Waals surface area contributed by atoms with Crippen LogP contribution in [0.5, 0.6) is 5.75 Å². The Kier molecular flexibility index (Phi) is 8.10. The van der Waals surface area contributed by atoms with E-state index in [0.29, 0.717) is 5.56 Å². The van der Waals surface area contributed by atoms with Crippen molar-refractivity contribution in [3.05, 3.63) is 78.4 Å². The molecule has 0 saturated carbocycles. The van der Waals surface area contributed by atoms with Crippen molar-refractivity contribution in [1.29, 1.82) is 0 Å². The molecule has 1 amide bonds. The molecule has 0 fully saturated rings. The van der Waals surface area contributed by atoms with Crippen LogP contribution in [0.3, 0.4) is 0 Å². The number of rotatable bonds is 8. The Labute approximate surface area is 202 Å². The van der Waals surface area contributed by atoms with Crippen LogP contribution >= 0.6 is 0 Å². The predicted octanol–water partition coefficient (Wildman–Crippen LogP) is 5.84. The standard InChI is InChI=1S/C24H21F6N3O3/c1-35-22(16-9-7-15(8-10-16)14-5-3-2-4-6-14)32-17-11-12-19(36-24(28,29)30)18(13-17)33-21(34)20(31)23(25,26)27/h2-13,20,22,32H,31H2,1H3,(H,33,34). The van der Waals surface area contributed by atoms with Gasteiger partial charge in [0, 0.05) is 18.4 Å². The highest BCUT2D eigenvalue weighted by Gasteiger charge is 2.42. The van der Waals surface area contributed by atoms with Gasteiger partial charge >= 0.3 is 12.5 Å². The summed E-state index contributed by atoms with van der Waals surface area (Å²) in [7, 11) is 1.38. The molecule has 0 bridgehead atoms. The maximum atomic E-state index is 12.8. The summed E-state index contributed by atoms with van der Waals surface area (Å²) in [5.74, 6) is -2.68. The molecule has 0 aromatic heterocycles. The van der Waals surface area contributed by atoms with Gasteiger partial charge in [0.05, 0.1) is 5.69 Å². The summed E-state index contributed by atoms with van der Waals surface area (Å²) in [6, 6.07) is 16.9. The van der Waals surface area contributed by atoms with Crippen LogP contribution in [0.15, 0.2) is 72.8 Å². The van der Waals surface area contributed by atoms with Gasteiger partial charge in [-0.3, -0.25) is 4.79 Å². The Morgan fingerprint density at radius 2 is 1.50 bits per heavy atom. The summed E-state index contributed by atoms with van der Waals surface area (Å²) in [4.78, 5) is 11.9. The zero-order valence-corrected chi connectivity index (χ0v) is 18.7. The Balaban J connectivity index is 1.85. The molecule has 4 N–H and O–H groups in total. The Morgan fingerprint density at radius 3 is 2.06 bits per heavy atom. The molecule has 3 aromatic rings. The normalized spacial score (nSPS) is 13.6. The minimum Gasteiger partial charge on any atom is -0.404 e. The summed E-state index contributed by atoms with van der Waals surface area (Å²) < 4.78 is 85.9. The zero-order chi connectivity index (χ0) is 26.5. The molecule has 6 nitrogen and oxygen atoms in total. The lowest BCUT2D eigenvalue weighted by molar-refractivity contribution is -0.274. The van der Waals surface area contributed by atoms with E-state index < -0.39 is 42.2 Å². The first kappa shape index (κ1) is 26.8. The highest BCUT2D eigenvalue weighted by molar-refractivity contribution is 5.97. The molecule has 12 heteroatoms. The zero-order valence-electron chi connectivity index (χ0n) is 18.7. The van der Waals surface area contributed by atoms with E-state index in [4.69, 9.17) is 10.5 Å². The molecule has 36 heavy (non-hydrogen) atoms. The Bertz CT molecular complexity index is 1170. The van der Waals surface area contributed by atoms with Gasteiger partial charge in [-0.15, -0.1) is 13.2 Å². The molecule has 3 aromatic carbocycles. The van der Waals surface area contributed by atoms with Crippen molar-refractivity contribution < 1.29 is 40.6 Å². The van der Waals surface area contributed by atoms with Crippen LogP contribution in [-0.2, 0) is 9.53 Å². The monoisotopic (exact) mass is 513 g/mol. The lowest BCUT2D eigenvalue weighted by atomic mass is 10.0. The quantitative estimate of drug-likeness (QED) is 0.261. The number of ether oxygens (including phenoxy) is 2. The molecular weight excluding hydrogens is 492 g/mol. The number of hydrogen-bond acceptors (Lipinski definition) is 5. The van der Waals surface area contributed by atoms with Crippen LogP contribution in [-0.4, -0.2) is 31.6 Å². The molecule has 192 valence electrons. The molecule has 0 aliphatic carbocycles. The van der Waals surface area contributed by atoms with Crippen LogP contribution in [0.2, 0.25) is 0 Å². The molecular formula is C24H21F6N3O3. The number of anilines is 2. The fourth-order valence-corrected chi connectivity index (χ4v) is 3.20. The second-order valence-electron chi connectivity index (χ2n) is 7.52. The van der Waals surface area contributed by atoms with Crippen LogP contribution < -0.4 is 21.1 Å². The molecule has 0 spiro atoms. The fraction of sp³-hybridized carbons (Fsp3) is 0.208. The minimum atomic E-state index is -5.16. The number of methoxy groups -OCH3 is 1. The molecule has 2 atom stereocenters. The Hall–Kier alpha value is -3.77. The number of amides is 1. The number of nitrogens with one attached hydrogen (secondary N) is 2. The van der Waals surface area contributed by atoms with Crippen molar-refractivity contribution in [3.63, 3.8) is 0 Å². The minimum absolute atomic E-state index is 0.124. The molecule has 0 heterocycles. The van der Waals surface area contributed by atoms with Crippen molar-refractivity contribution in [3.8, 4) is 16.9 Å². The number of carbonyl (C=O) groups excluding carboxylic acids is 1. The van der Waals surface area contributed by atoms with E-state index in [1.54, 1.807) is 17.4 Å². The predicted molar refractivity (Wildman–Crippen MR) is 121 cm³/mol. The molecule has 0 aliphatic heterocycles. The average molecular weight is 513 g/mol. The van der Waals surface area contributed by atoms with Crippen LogP contribution in [0, 0.1) is 0 Å². The van der Waals surface area contributed by atoms with Crippen molar-refractivity contribution >= 4 is 17.3 Å². The largest absolute Gasteiger partial charge is 0.573 e. The van der Waals surface area contributed by atoms with Crippen LogP contribution in [0.25, 0.3) is 11.1 Å².